The highest BCUT2D eigenvalue weighted by Gasteiger charge is 2.31. The van der Waals surface area contributed by atoms with Crippen LogP contribution in [0.5, 0.6) is 5.75 Å². The summed E-state index contributed by atoms with van der Waals surface area (Å²) in [4.78, 5) is 14.5. The first kappa shape index (κ1) is 13.5. The van der Waals surface area contributed by atoms with Crippen molar-refractivity contribution >= 4 is 11.6 Å². The second-order valence-corrected chi connectivity index (χ2v) is 4.96. The number of nitrogens with one attached hydrogen (secondary N) is 1. The number of amides is 1. The topological polar surface area (TPSA) is 41.6 Å². The van der Waals surface area contributed by atoms with Gasteiger partial charge < -0.3 is 15.0 Å². The van der Waals surface area contributed by atoms with E-state index in [1.165, 1.54) is 0 Å². The quantitative estimate of drug-likeness (QED) is 0.939. The molecule has 1 heterocycles. The molecule has 0 aromatic heterocycles. The van der Waals surface area contributed by atoms with E-state index in [2.05, 4.69) is 5.32 Å². The number of methoxy groups -OCH3 is 1. The van der Waals surface area contributed by atoms with Crippen molar-refractivity contribution in [1.29, 1.82) is 0 Å². The SMILES string of the molecule is CCN1C(=O)c2ccccc2N[C@H]1c1cccc(OC)c1. The molecule has 1 atom stereocenters. The van der Waals surface area contributed by atoms with E-state index < -0.39 is 0 Å². The normalized spacial score (nSPS) is 17.1. The number of anilines is 1. The van der Waals surface area contributed by atoms with Crippen molar-refractivity contribution in [3.63, 3.8) is 0 Å². The maximum Gasteiger partial charge on any atom is 0.257 e. The van der Waals surface area contributed by atoms with E-state index in [1.54, 1.807) is 7.11 Å². The number of carbonyl (C=O) groups is 1. The first-order valence-electron chi connectivity index (χ1n) is 7.05. The predicted molar refractivity (Wildman–Crippen MR) is 82.5 cm³/mol. The van der Waals surface area contributed by atoms with Crippen LogP contribution in [0.15, 0.2) is 48.5 Å². The number of hydrogen-bond acceptors (Lipinski definition) is 3. The van der Waals surface area contributed by atoms with Crippen LogP contribution in [0.2, 0.25) is 0 Å². The van der Waals surface area contributed by atoms with Gasteiger partial charge in [0, 0.05) is 12.2 Å². The monoisotopic (exact) mass is 282 g/mol. The highest BCUT2D eigenvalue weighted by atomic mass is 16.5. The van der Waals surface area contributed by atoms with Crippen molar-refractivity contribution < 1.29 is 9.53 Å². The zero-order chi connectivity index (χ0) is 14.8. The Morgan fingerprint density at radius 2 is 2.00 bits per heavy atom. The molecule has 1 aliphatic rings. The Balaban J connectivity index is 2.04. The molecule has 3 rings (SSSR count). The van der Waals surface area contributed by atoms with Gasteiger partial charge >= 0.3 is 0 Å². The molecule has 0 aliphatic carbocycles. The van der Waals surface area contributed by atoms with Gasteiger partial charge in [-0.2, -0.15) is 0 Å². The lowest BCUT2D eigenvalue weighted by Crippen LogP contribution is -2.42. The largest absolute Gasteiger partial charge is 0.497 e. The Hall–Kier alpha value is -2.49. The lowest BCUT2D eigenvalue weighted by atomic mass is 10.0. The molecule has 0 saturated carbocycles. The summed E-state index contributed by atoms with van der Waals surface area (Å²) in [5, 5.41) is 3.45. The lowest BCUT2D eigenvalue weighted by molar-refractivity contribution is 0.0694. The first-order valence-corrected chi connectivity index (χ1v) is 7.05. The molecule has 108 valence electrons. The second kappa shape index (κ2) is 5.48. The Morgan fingerprint density at radius 3 is 2.76 bits per heavy atom. The summed E-state index contributed by atoms with van der Waals surface area (Å²) >= 11 is 0. The zero-order valence-electron chi connectivity index (χ0n) is 12.2. The van der Waals surface area contributed by atoms with E-state index in [9.17, 15) is 4.79 Å². The van der Waals surface area contributed by atoms with E-state index in [4.69, 9.17) is 4.74 Å². The number of rotatable bonds is 3. The first-order chi connectivity index (χ1) is 10.2. The maximum absolute atomic E-state index is 12.6. The fourth-order valence-corrected chi connectivity index (χ4v) is 2.69. The van der Waals surface area contributed by atoms with Gasteiger partial charge in [-0.3, -0.25) is 4.79 Å². The van der Waals surface area contributed by atoms with Gasteiger partial charge in [0.05, 0.1) is 12.7 Å². The van der Waals surface area contributed by atoms with Crippen molar-refractivity contribution in [3.05, 3.63) is 59.7 Å². The molecular formula is C17H18N2O2. The van der Waals surface area contributed by atoms with Crippen molar-refractivity contribution in [2.45, 2.75) is 13.1 Å². The maximum atomic E-state index is 12.6. The number of ether oxygens (including phenoxy) is 1. The molecule has 0 spiro atoms. The number of benzene rings is 2. The third-order valence-electron chi connectivity index (χ3n) is 3.77. The number of para-hydroxylation sites is 1. The molecule has 0 fully saturated rings. The van der Waals surface area contributed by atoms with E-state index in [-0.39, 0.29) is 12.1 Å². The van der Waals surface area contributed by atoms with Gasteiger partial charge in [0.25, 0.3) is 5.91 Å². The standard InChI is InChI=1S/C17H18N2O2/c1-3-19-16(12-7-6-8-13(11-12)21-2)18-15-10-5-4-9-14(15)17(19)20/h4-11,16,18H,3H2,1-2H3/t16-/m1/s1. The van der Waals surface area contributed by atoms with E-state index in [0.29, 0.717) is 6.54 Å². The van der Waals surface area contributed by atoms with Crippen LogP contribution in [0.3, 0.4) is 0 Å². The zero-order valence-corrected chi connectivity index (χ0v) is 12.2. The summed E-state index contributed by atoms with van der Waals surface area (Å²) < 4.78 is 5.28. The second-order valence-electron chi connectivity index (χ2n) is 4.96. The Labute approximate surface area is 124 Å². The Morgan fingerprint density at radius 1 is 1.19 bits per heavy atom. The van der Waals surface area contributed by atoms with Gasteiger partial charge in [0.2, 0.25) is 0 Å². The third-order valence-corrected chi connectivity index (χ3v) is 3.77. The fraction of sp³-hybridized carbons (Fsp3) is 0.235. The summed E-state index contributed by atoms with van der Waals surface area (Å²) in [5.41, 5.74) is 2.61. The minimum atomic E-state index is -0.174. The van der Waals surface area contributed by atoms with Gasteiger partial charge in [-0.05, 0) is 36.8 Å². The summed E-state index contributed by atoms with van der Waals surface area (Å²) in [6, 6.07) is 15.4. The van der Waals surface area contributed by atoms with Gasteiger partial charge in [-0.25, -0.2) is 0 Å². The predicted octanol–water partition coefficient (Wildman–Crippen LogP) is 3.28. The number of carbonyl (C=O) groups excluding carboxylic acids is 1. The molecule has 2 aromatic rings. The van der Waals surface area contributed by atoms with Gasteiger partial charge in [0.15, 0.2) is 0 Å². The molecule has 1 amide bonds. The van der Waals surface area contributed by atoms with Gasteiger partial charge in [-0.1, -0.05) is 24.3 Å². The lowest BCUT2D eigenvalue weighted by Gasteiger charge is -2.37. The average molecular weight is 282 g/mol. The molecule has 2 aromatic carbocycles. The highest BCUT2D eigenvalue weighted by Crippen LogP contribution is 2.33. The molecule has 4 heteroatoms. The molecule has 0 bridgehead atoms. The summed E-state index contributed by atoms with van der Waals surface area (Å²) in [6.07, 6.45) is -0.174. The molecular weight excluding hydrogens is 264 g/mol. The van der Waals surface area contributed by atoms with Gasteiger partial charge in [-0.15, -0.1) is 0 Å². The van der Waals surface area contributed by atoms with Crippen LogP contribution in [0.1, 0.15) is 29.0 Å². The van der Waals surface area contributed by atoms with Crippen LogP contribution in [-0.2, 0) is 0 Å². The molecule has 0 unspecified atom stereocenters. The van der Waals surface area contributed by atoms with Crippen molar-refractivity contribution in [2.75, 3.05) is 19.0 Å². The van der Waals surface area contributed by atoms with Crippen molar-refractivity contribution in [2.24, 2.45) is 0 Å². The average Bonchev–Trinajstić information content (AvgIpc) is 2.55. The van der Waals surface area contributed by atoms with Crippen LogP contribution >= 0.6 is 0 Å². The molecule has 1 N–H and O–H groups in total. The minimum absolute atomic E-state index is 0.0552. The van der Waals surface area contributed by atoms with Crippen molar-refractivity contribution in [1.82, 2.24) is 4.90 Å². The van der Waals surface area contributed by atoms with E-state index in [1.807, 2.05) is 60.4 Å². The minimum Gasteiger partial charge on any atom is -0.497 e. The van der Waals surface area contributed by atoms with Crippen LogP contribution in [0, 0.1) is 0 Å². The van der Waals surface area contributed by atoms with Crippen LogP contribution in [0.25, 0.3) is 0 Å². The molecule has 0 saturated heterocycles. The fourth-order valence-electron chi connectivity index (χ4n) is 2.69. The van der Waals surface area contributed by atoms with Crippen LogP contribution < -0.4 is 10.1 Å². The molecule has 1 aliphatic heterocycles. The Kier molecular flexibility index (Phi) is 3.52. The molecule has 0 radical (unpaired) electrons. The van der Waals surface area contributed by atoms with E-state index in [0.717, 1.165) is 22.6 Å². The van der Waals surface area contributed by atoms with Crippen LogP contribution in [-0.4, -0.2) is 24.5 Å². The summed E-state index contributed by atoms with van der Waals surface area (Å²) in [5.74, 6) is 0.844. The molecule has 21 heavy (non-hydrogen) atoms. The smallest absolute Gasteiger partial charge is 0.257 e. The number of fused-ring (bicyclic) bond motifs is 1. The third kappa shape index (κ3) is 2.33. The van der Waals surface area contributed by atoms with Crippen LogP contribution in [0.4, 0.5) is 5.69 Å². The molecule has 4 nitrogen and oxygen atoms in total. The number of hydrogen-bond donors (Lipinski definition) is 1. The van der Waals surface area contributed by atoms with Crippen molar-refractivity contribution in [3.8, 4) is 5.75 Å². The van der Waals surface area contributed by atoms with Gasteiger partial charge in [0.1, 0.15) is 11.9 Å². The Bertz CT molecular complexity index is 669. The summed E-state index contributed by atoms with van der Waals surface area (Å²) in [7, 11) is 1.64. The number of nitrogens with zero attached hydrogens (tertiary/aromatic N) is 1. The summed E-state index contributed by atoms with van der Waals surface area (Å²) in [6.45, 7) is 2.63. The highest BCUT2D eigenvalue weighted by molar-refractivity contribution is 6.01. The van der Waals surface area contributed by atoms with E-state index >= 15 is 0 Å².